The molecule has 3 nitrogen and oxygen atoms in total. The molecule has 0 radical (unpaired) electrons. The molecule has 1 aromatic heterocycles. The molecule has 6 rings (SSSR count). The van der Waals surface area contributed by atoms with Crippen molar-refractivity contribution in [2.45, 2.75) is 26.3 Å². The number of alkyl halides is 3. The summed E-state index contributed by atoms with van der Waals surface area (Å²) in [6.07, 6.45) is -4.51. The van der Waals surface area contributed by atoms with Crippen LogP contribution in [0.3, 0.4) is 0 Å². The molecule has 6 aromatic rings. The van der Waals surface area contributed by atoms with Crippen molar-refractivity contribution in [3.05, 3.63) is 131 Å². The first-order chi connectivity index (χ1) is 18.9. The molecule has 0 saturated heterocycles. The highest BCUT2D eigenvalue weighted by atomic mass is 19.4. The fourth-order valence-corrected chi connectivity index (χ4v) is 5.01. The first-order valence-electron chi connectivity index (χ1n) is 12.7. The van der Waals surface area contributed by atoms with E-state index in [1.54, 1.807) is 10.7 Å². The maximum atomic E-state index is 13.9. The van der Waals surface area contributed by atoms with Gasteiger partial charge in [0, 0.05) is 10.9 Å². The van der Waals surface area contributed by atoms with Crippen molar-refractivity contribution in [1.29, 1.82) is 0 Å². The second-order valence-corrected chi connectivity index (χ2v) is 9.63. The summed E-state index contributed by atoms with van der Waals surface area (Å²) < 4.78 is 49.5. The molecule has 0 aliphatic rings. The molecule has 1 heterocycles. The molecule has 0 saturated carbocycles. The smallest absolute Gasteiger partial charge is 0.418 e. The maximum Gasteiger partial charge on any atom is 0.418 e. The molecule has 5 aromatic carbocycles. The predicted molar refractivity (Wildman–Crippen MR) is 149 cm³/mol. The quantitative estimate of drug-likeness (QED) is 0.219. The highest BCUT2D eigenvalue weighted by Crippen LogP contribution is 2.39. The van der Waals surface area contributed by atoms with Crippen LogP contribution in [0.2, 0.25) is 0 Å². The van der Waals surface area contributed by atoms with E-state index in [9.17, 15) is 13.2 Å². The van der Waals surface area contributed by atoms with E-state index >= 15 is 0 Å². The average Bonchev–Trinajstić information content (AvgIpc) is 3.30. The van der Waals surface area contributed by atoms with Crippen LogP contribution >= 0.6 is 0 Å². The Morgan fingerprint density at radius 2 is 1.49 bits per heavy atom. The number of hydrogen-bond donors (Lipinski definition) is 0. The van der Waals surface area contributed by atoms with Crippen LogP contribution in [0.15, 0.2) is 109 Å². The van der Waals surface area contributed by atoms with Crippen LogP contribution in [-0.4, -0.2) is 9.78 Å². The van der Waals surface area contributed by atoms with Crippen LogP contribution in [0.25, 0.3) is 32.9 Å². The van der Waals surface area contributed by atoms with Gasteiger partial charge in [-0.15, -0.1) is 0 Å². The molecule has 0 bridgehead atoms. The van der Waals surface area contributed by atoms with Crippen LogP contribution in [-0.2, 0) is 19.3 Å². The lowest BCUT2D eigenvalue weighted by atomic mass is 10.0. The minimum atomic E-state index is -4.51. The number of nitrogens with zero attached hydrogens (tertiary/aromatic N) is 2. The van der Waals surface area contributed by atoms with Crippen LogP contribution in [0.5, 0.6) is 5.75 Å². The molecule has 0 aliphatic carbocycles. The Morgan fingerprint density at radius 3 is 2.26 bits per heavy atom. The topological polar surface area (TPSA) is 27.1 Å². The number of rotatable bonds is 6. The minimum Gasteiger partial charge on any atom is -0.489 e. The van der Waals surface area contributed by atoms with Gasteiger partial charge in [0.25, 0.3) is 0 Å². The summed E-state index contributed by atoms with van der Waals surface area (Å²) in [5.74, 6) is 0.632. The highest BCUT2D eigenvalue weighted by Gasteiger charge is 2.34. The summed E-state index contributed by atoms with van der Waals surface area (Å²) in [6.45, 7) is 2.78. The zero-order valence-electron chi connectivity index (χ0n) is 21.2. The summed E-state index contributed by atoms with van der Waals surface area (Å²) in [5, 5.41) is 7.24. The fourth-order valence-electron chi connectivity index (χ4n) is 5.01. The lowest BCUT2D eigenvalue weighted by Gasteiger charge is -2.13. The Morgan fingerprint density at radius 1 is 0.769 bits per heavy atom. The third-order valence-corrected chi connectivity index (χ3v) is 6.96. The first-order valence-corrected chi connectivity index (χ1v) is 12.7. The summed E-state index contributed by atoms with van der Waals surface area (Å²) in [7, 11) is 0. The van der Waals surface area contributed by atoms with Gasteiger partial charge in [-0.3, -0.25) is 4.68 Å². The van der Waals surface area contributed by atoms with E-state index in [4.69, 9.17) is 4.74 Å². The van der Waals surface area contributed by atoms with Gasteiger partial charge in [-0.25, -0.2) is 0 Å². The van der Waals surface area contributed by atoms with Gasteiger partial charge in [-0.2, -0.15) is 18.3 Å². The molecule has 194 valence electrons. The first kappa shape index (κ1) is 24.7. The normalized spacial score (nSPS) is 11.8. The van der Waals surface area contributed by atoms with Crippen molar-refractivity contribution in [1.82, 2.24) is 9.78 Å². The molecular weight excluding hydrogens is 497 g/mol. The largest absolute Gasteiger partial charge is 0.489 e. The standard InChI is InChI=1S/C33H25F3N2O/c1-22-17-24-11-5-6-12-25(24)18-27(22)21-39-28-14-7-13-26(19-28)32-29-15-8-16-30(33(34,35)36)31(29)37-38(32)20-23-9-3-2-4-10-23/h2-19H,20-21H2,1H3. The van der Waals surface area contributed by atoms with Gasteiger partial charge in [-0.1, -0.05) is 84.9 Å². The fraction of sp³-hybridized carbons (Fsp3) is 0.121. The van der Waals surface area contributed by atoms with Gasteiger partial charge in [0.15, 0.2) is 0 Å². The Bertz CT molecular complexity index is 1790. The number of benzene rings is 5. The number of ether oxygens (including phenoxy) is 1. The molecular formula is C33H25F3N2O. The third kappa shape index (κ3) is 4.98. The van der Waals surface area contributed by atoms with Crippen molar-refractivity contribution in [3.8, 4) is 17.0 Å². The number of fused-ring (bicyclic) bond motifs is 2. The van der Waals surface area contributed by atoms with E-state index in [2.05, 4.69) is 36.3 Å². The summed E-state index contributed by atoms with van der Waals surface area (Å²) in [4.78, 5) is 0. The molecule has 0 unspecified atom stereocenters. The van der Waals surface area contributed by atoms with Crippen molar-refractivity contribution in [2.24, 2.45) is 0 Å². The molecule has 0 spiro atoms. The lowest BCUT2D eigenvalue weighted by molar-refractivity contribution is -0.136. The summed E-state index contributed by atoms with van der Waals surface area (Å²) in [5.41, 5.74) is 3.71. The van der Waals surface area contributed by atoms with Gasteiger partial charge < -0.3 is 4.74 Å². The molecule has 0 aliphatic heterocycles. The van der Waals surface area contributed by atoms with Crippen molar-refractivity contribution >= 4 is 21.7 Å². The van der Waals surface area contributed by atoms with Crippen molar-refractivity contribution < 1.29 is 17.9 Å². The van der Waals surface area contributed by atoms with Crippen molar-refractivity contribution in [2.75, 3.05) is 0 Å². The lowest BCUT2D eigenvalue weighted by Crippen LogP contribution is -2.06. The second kappa shape index (κ2) is 9.95. The maximum absolute atomic E-state index is 13.9. The zero-order chi connectivity index (χ0) is 27.0. The van der Waals surface area contributed by atoms with Crippen LogP contribution in [0.1, 0.15) is 22.3 Å². The van der Waals surface area contributed by atoms with Gasteiger partial charge in [0.05, 0.1) is 17.8 Å². The SMILES string of the molecule is Cc1cc2ccccc2cc1COc1cccc(-c2c3cccc(C(F)(F)F)c3nn2Cc2ccccc2)c1. The number of halogens is 3. The van der Waals surface area contributed by atoms with E-state index in [0.29, 0.717) is 30.0 Å². The Hall–Kier alpha value is -4.58. The number of aryl methyl sites for hydroxylation is 1. The Balaban J connectivity index is 1.39. The molecule has 0 N–H and O–H groups in total. The molecule has 6 heteroatoms. The predicted octanol–water partition coefficient (Wildman–Crippen LogP) is 8.81. The average molecular weight is 523 g/mol. The summed E-state index contributed by atoms with van der Waals surface area (Å²) >= 11 is 0. The molecule has 0 amide bonds. The highest BCUT2D eigenvalue weighted by molar-refractivity contribution is 5.95. The molecule has 39 heavy (non-hydrogen) atoms. The van der Waals surface area contributed by atoms with E-state index in [0.717, 1.165) is 33.7 Å². The van der Waals surface area contributed by atoms with Crippen LogP contribution in [0.4, 0.5) is 13.2 Å². The number of hydrogen-bond acceptors (Lipinski definition) is 2. The van der Waals surface area contributed by atoms with E-state index in [1.807, 2.05) is 66.7 Å². The van der Waals surface area contributed by atoms with E-state index in [1.165, 1.54) is 11.5 Å². The second-order valence-electron chi connectivity index (χ2n) is 9.63. The van der Waals surface area contributed by atoms with Crippen LogP contribution < -0.4 is 4.74 Å². The summed E-state index contributed by atoms with van der Waals surface area (Å²) in [6, 6.07) is 33.8. The monoisotopic (exact) mass is 522 g/mol. The van der Waals surface area contributed by atoms with E-state index in [-0.39, 0.29) is 5.52 Å². The van der Waals surface area contributed by atoms with E-state index < -0.39 is 11.7 Å². The molecule has 0 atom stereocenters. The molecule has 0 fully saturated rings. The van der Waals surface area contributed by atoms with Crippen LogP contribution in [0, 0.1) is 6.92 Å². The number of aromatic nitrogens is 2. The van der Waals surface area contributed by atoms with Gasteiger partial charge in [0.2, 0.25) is 0 Å². The zero-order valence-corrected chi connectivity index (χ0v) is 21.2. The van der Waals surface area contributed by atoms with Gasteiger partial charge in [-0.05, 0) is 58.7 Å². The van der Waals surface area contributed by atoms with Gasteiger partial charge >= 0.3 is 6.18 Å². The Kier molecular flexibility index (Phi) is 6.31. The Labute approximate surface area is 224 Å². The van der Waals surface area contributed by atoms with Gasteiger partial charge in [0.1, 0.15) is 17.9 Å². The minimum absolute atomic E-state index is 0.0611. The third-order valence-electron chi connectivity index (χ3n) is 6.96. The van der Waals surface area contributed by atoms with Crippen molar-refractivity contribution in [3.63, 3.8) is 0 Å².